The van der Waals surface area contributed by atoms with E-state index in [-0.39, 0.29) is 5.56 Å². The van der Waals surface area contributed by atoms with Gasteiger partial charge >= 0.3 is 0 Å². The Morgan fingerprint density at radius 2 is 1.50 bits per heavy atom. The normalized spacial score (nSPS) is 10.4. The van der Waals surface area contributed by atoms with Crippen LogP contribution in [-0.4, -0.2) is 5.78 Å². The van der Waals surface area contributed by atoms with Gasteiger partial charge in [-0.25, -0.2) is 13.2 Å². The summed E-state index contributed by atoms with van der Waals surface area (Å²) in [4.78, 5) is 11.9. The highest BCUT2D eigenvalue weighted by atomic mass is 19.2. The number of carbonyl (C=O) groups excluding carboxylic acids is 1. The molecule has 0 aliphatic heterocycles. The molecule has 0 radical (unpaired) electrons. The highest BCUT2D eigenvalue weighted by Crippen LogP contribution is 2.19. The first kappa shape index (κ1) is 12.2. The van der Waals surface area contributed by atoms with Gasteiger partial charge < -0.3 is 5.73 Å². The van der Waals surface area contributed by atoms with Crippen molar-refractivity contribution in [3.63, 3.8) is 0 Å². The molecule has 5 heteroatoms. The summed E-state index contributed by atoms with van der Waals surface area (Å²) in [6, 6.07) is 7.32. The van der Waals surface area contributed by atoms with Gasteiger partial charge in [0.05, 0.1) is 5.56 Å². The first-order valence-electron chi connectivity index (χ1n) is 5.04. The Balaban J connectivity index is 2.46. The van der Waals surface area contributed by atoms with Crippen LogP contribution in [-0.2, 0) is 0 Å². The minimum absolute atomic E-state index is 0.147. The van der Waals surface area contributed by atoms with Crippen molar-refractivity contribution < 1.29 is 18.0 Å². The highest BCUT2D eigenvalue weighted by Gasteiger charge is 2.19. The van der Waals surface area contributed by atoms with Crippen LogP contribution in [0.4, 0.5) is 18.9 Å². The Morgan fingerprint density at radius 1 is 0.889 bits per heavy atom. The van der Waals surface area contributed by atoms with Gasteiger partial charge in [-0.3, -0.25) is 4.79 Å². The lowest BCUT2D eigenvalue weighted by Gasteiger charge is -2.04. The second-order valence-corrected chi connectivity index (χ2v) is 3.67. The molecule has 0 spiro atoms. The topological polar surface area (TPSA) is 43.1 Å². The molecule has 0 atom stereocenters. The molecule has 18 heavy (non-hydrogen) atoms. The number of nitrogens with two attached hydrogens (primary N) is 1. The molecule has 2 N–H and O–H groups in total. The fraction of sp³-hybridized carbons (Fsp3) is 0. The Morgan fingerprint density at radius 3 is 2.11 bits per heavy atom. The summed E-state index contributed by atoms with van der Waals surface area (Å²) in [7, 11) is 0. The van der Waals surface area contributed by atoms with E-state index in [9.17, 15) is 18.0 Å². The Kier molecular flexibility index (Phi) is 3.06. The SMILES string of the molecule is Nc1ccc(C(=O)c2ccc(F)c(F)c2F)cc1. The number of nitrogen functional groups attached to an aromatic ring is 1. The molecular formula is C13H8F3NO. The van der Waals surface area contributed by atoms with Gasteiger partial charge in [-0.05, 0) is 36.4 Å². The highest BCUT2D eigenvalue weighted by molar-refractivity contribution is 6.09. The minimum atomic E-state index is -1.66. The maximum atomic E-state index is 13.4. The standard InChI is InChI=1S/C13H8F3NO/c14-10-6-5-9(11(15)12(10)16)13(18)7-1-3-8(17)4-2-7/h1-6H,17H2. The van der Waals surface area contributed by atoms with Crippen molar-refractivity contribution in [1.82, 2.24) is 0 Å². The molecule has 2 nitrogen and oxygen atoms in total. The minimum Gasteiger partial charge on any atom is -0.399 e. The Hall–Kier alpha value is -2.30. The third-order valence-electron chi connectivity index (χ3n) is 2.45. The van der Waals surface area contributed by atoms with Crippen LogP contribution in [0.5, 0.6) is 0 Å². The number of anilines is 1. The molecule has 0 saturated carbocycles. The smallest absolute Gasteiger partial charge is 0.196 e. The number of rotatable bonds is 2. The Bertz CT molecular complexity index is 608. The van der Waals surface area contributed by atoms with E-state index in [1.807, 2.05) is 0 Å². The maximum absolute atomic E-state index is 13.4. The van der Waals surface area contributed by atoms with Crippen molar-refractivity contribution in [2.45, 2.75) is 0 Å². The first-order valence-corrected chi connectivity index (χ1v) is 5.04. The van der Waals surface area contributed by atoms with Crippen LogP contribution in [0, 0.1) is 17.5 Å². The maximum Gasteiger partial charge on any atom is 0.196 e. The average Bonchev–Trinajstić information content (AvgIpc) is 2.36. The lowest BCUT2D eigenvalue weighted by molar-refractivity contribution is 0.103. The van der Waals surface area contributed by atoms with Gasteiger partial charge in [0, 0.05) is 11.3 Å². The van der Waals surface area contributed by atoms with E-state index >= 15 is 0 Å². The molecule has 2 aromatic carbocycles. The molecule has 0 aliphatic rings. The van der Waals surface area contributed by atoms with Gasteiger partial charge in [-0.2, -0.15) is 0 Å². The molecule has 2 aromatic rings. The van der Waals surface area contributed by atoms with Crippen molar-refractivity contribution in [2.24, 2.45) is 0 Å². The van der Waals surface area contributed by atoms with Crippen LogP contribution in [0.1, 0.15) is 15.9 Å². The van der Waals surface area contributed by atoms with Gasteiger partial charge in [0.1, 0.15) is 0 Å². The lowest BCUT2D eigenvalue weighted by atomic mass is 10.0. The molecule has 2 rings (SSSR count). The summed E-state index contributed by atoms with van der Waals surface area (Å²) < 4.78 is 39.2. The summed E-state index contributed by atoms with van der Waals surface area (Å²) in [5.74, 6) is -5.21. The van der Waals surface area contributed by atoms with Gasteiger partial charge in [-0.1, -0.05) is 0 Å². The van der Waals surface area contributed by atoms with Crippen LogP contribution < -0.4 is 5.73 Å². The zero-order valence-electron chi connectivity index (χ0n) is 9.08. The molecule has 0 bridgehead atoms. The van der Waals surface area contributed by atoms with Gasteiger partial charge in [-0.15, -0.1) is 0 Å². The third-order valence-corrected chi connectivity index (χ3v) is 2.45. The van der Waals surface area contributed by atoms with Crippen LogP contribution in [0.15, 0.2) is 36.4 Å². The molecule has 0 amide bonds. The van der Waals surface area contributed by atoms with E-state index in [2.05, 4.69) is 0 Å². The average molecular weight is 251 g/mol. The number of ketones is 1. The summed E-state index contributed by atoms with van der Waals surface area (Å²) in [6.45, 7) is 0. The Labute approximate surface area is 101 Å². The van der Waals surface area contributed by atoms with Crippen LogP contribution in [0.2, 0.25) is 0 Å². The van der Waals surface area contributed by atoms with Crippen molar-refractivity contribution in [1.29, 1.82) is 0 Å². The molecule has 0 heterocycles. The molecule has 0 aliphatic carbocycles. The van der Waals surface area contributed by atoms with E-state index in [1.165, 1.54) is 24.3 Å². The number of halogens is 3. The fourth-order valence-corrected chi connectivity index (χ4v) is 1.49. The number of carbonyl (C=O) groups is 1. The van der Waals surface area contributed by atoms with E-state index in [1.54, 1.807) is 0 Å². The van der Waals surface area contributed by atoms with Crippen LogP contribution in [0.3, 0.4) is 0 Å². The van der Waals surface area contributed by atoms with Gasteiger partial charge in [0.25, 0.3) is 0 Å². The number of hydrogen-bond acceptors (Lipinski definition) is 2. The van der Waals surface area contributed by atoms with E-state index in [4.69, 9.17) is 5.73 Å². The quantitative estimate of drug-likeness (QED) is 0.506. The van der Waals surface area contributed by atoms with Gasteiger partial charge in [0.2, 0.25) is 0 Å². The molecule has 92 valence electrons. The summed E-state index contributed by atoms with van der Waals surface area (Å²) in [6.07, 6.45) is 0. The predicted octanol–water partition coefficient (Wildman–Crippen LogP) is 2.92. The lowest BCUT2D eigenvalue weighted by Crippen LogP contribution is -2.07. The van der Waals surface area contributed by atoms with Crippen molar-refractivity contribution in [2.75, 3.05) is 5.73 Å². The van der Waals surface area contributed by atoms with Gasteiger partial charge in [0.15, 0.2) is 23.2 Å². The molecule has 0 fully saturated rings. The first-order chi connectivity index (χ1) is 8.50. The van der Waals surface area contributed by atoms with E-state index in [0.29, 0.717) is 11.8 Å². The summed E-state index contributed by atoms with van der Waals surface area (Å²) in [5.41, 5.74) is 5.52. The van der Waals surface area contributed by atoms with E-state index < -0.39 is 28.8 Å². The number of hydrogen-bond donors (Lipinski definition) is 1. The monoisotopic (exact) mass is 251 g/mol. The van der Waals surface area contributed by atoms with Crippen molar-refractivity contribution >= 4 is 11.5 Å². The predicted molar refractivity (Wildman–Crippen MR) is 60.6 cm³/mol. The zero-order valence-corrected chi connectivity index (χ0v) is 9.08. The molecule has 0 aromatic heterocycles. The summed E-state index contributed by atoms with van der Waals surface area (Å²) in [5, 5.41) is 0. The second kappa shape index (κ2) is 4.52. The molecular weight excluding hydrogens is 243 g/mol. The molecule has 0 unspecified atom stereocenters. The fourth-order valence-electron chi connectivity index (χ4n) is 1.49. The zero-order chi connectivity index (χ0) is 13.3. The third kappa shape index (κ3) is 2.07. The van der Waals surface area contributed by atoms with E-state index in [0.717, 1.165) is 6.07 Å². The number of benzene rings is 2. The largest absolute Gasteiger partial charge is 0.399 e. The second-order valence-electron chi connectivity index (χ2n) is 3.67. The summed E-state index contributed by atoms with van der Waals surface area (Å²) >= 11 is 0. The van der Waals surface area contributed by atoms with Crippen LogP contribution in [0.25, 0.3) is 0 Å². The van der Waals surface area contributed by atoms with Crippen molar-refractivity contribution in [3.8, 4) is 0 Å². The van der Waals surface area contributed by atoms with Crippen molar-refractivity contribution in [3.05, 3.63) is 65.0 Å². The molecule has 0 saturated heterocycles. The van der Waals surface area contributed by atoms with Crippen LogP contribution >= 0.6 is 0 Å².